The molecule has 1 aliphatic heterocycles. The van der Waals surface area contributed by atoms with E-state index in [-0.39, 0.29) is 18.7 Å². The minimum absolute atomic E-state index is 0.0207. The fourth-order valence-electron chi connectivity index (χ4n) is 2.71. The molecule has 1 aromatic carbocycles. The van der Waals surface area contributed by atoms with Crippen LogP contribution in [-0.2, 0) is 0 Å². The van der Waals surface area contributed by atoms with Crippen LogP contribution in [0.15, 0.2) is 36.7 Å². The number of nitrogens with one attached hydrogen (secondary N) is 1. The summed E-state index contributed by atoms with van der Waals surface area (Å²) in [4.78, 5) is 18.1. The lowest BCUT2D eigenvalue weighted by atomic mass is 10.1. The molecule has 0 radical (unpaired) electrons. The number of pyridine rings is 1. The summed E-state index contributed by atoms with van der Waals surface area (Å²) in [6.45, 7) is 0.719. The number of aromatic nitrogens is 1. The molecular weight excluding hydrogens is 254 g/mol. The van der Waals surface area contributed by atoms with Gasteiger partial charge in [0, 0.05) is 29.7 Å². The van der Waals surface area contributed by atoms with Gasteiger partial charge in [0.15, 0.2) is 0 Å². The molecule has 2 heterocycles. The minimum Gasteiger partial charge on any atom is -0.394 e. The van der Waals surface area contributed by atoms with E-state index < -0.39 is 0 Å². The molecule has 0 aliphatic carbocycles. The number of amides is 2. The van der Waals surface area contributed by atoms with E-state index in [9.17, 15) is 9.90 Å². The number of benzene rings is 1. The zero-order valence-electron chi connectivity index (χ0n) is 11.1. The first-order valence-corrected chi connectivity index (χ1v) is 6.81. The number of aliphatic hydroxyl groups excluding tert-OH is 1. The Morgan fingerprint density at radius 2 is 2.35 bits per heavy atom. The van der Waals surface area contributed by atoms with Gasteiger partial charge in [-0.05, 0) is 25.0 Å². The highest BCUT2D eigenvalue weighted by Crippen LogP contribution is 2.24. The third-order valence-corrected chi connectivity index (χ3v) is 3.77. The molecule has 3 rings (SSSR count). The van der Waals surface area contributed by atoms with Gasteiger partial charge in [0.1, 0.15) is 0 Å². The number of rotatable bonds is 2. The molecule has 1 saturated heterocycles. The van der Waals surface area contributed by atoms with Crippen LogP contribution in [0.4, 0.5) is 10.5 Å². The van der Waals surface area contributed by atoms with Gasteiger partial charge in [-0.2, -0.15) is 0 Å². The van der Waals surface area contributed by atoms with Gasteiger partial charge in [0.05, 0.1) is 18.3 Å². The van der Waals surface area contributed by atoms with Crippen LogP contribution in [-0.4, -0.2) is 40.2 Å². The van der Waals surface area contributed by atoms with Crippen molar-refractivity contribution < 1.29 is 9.90 Å². The molecule has 1 unspecified atom stereocenters. The lowest BCUT2D eigenvalue weighted by Crippen LogP contribution is -2.40. The van der Waals surface area contributed by atoms with Gasteiger partial charge < -0.3 is 15.3 Å². The van der Waals surface area contributed by atoms with Crippen LogP contribution in [0, 0.1) is 0 Å². The number of likely N-dealkylation sites (tertiary alicyclic amines) is 1. The smallest absolute Gasteiger partial charge is 0.322 e. The summed E-state index contributed by atoms with van der Waals surface area (Å²) in [6, 6.07) is 7.41. The molecule has 104 valence electrons. The molecule has 1 atom stereocenters. The second-order valence-corrected chi connectivity index (χ2v) is 5.00. The Morgan fingerprint density at radius 1 is 1.45 bits per heavy atom. The van der Waals surface area contributed by atoms with Crippen molar-refractivity contribution in [3.8, 4) is 0 Å². The van der Waals surface area contributed by atoms with Crippen molar-refractivity contribution in [3.05, 3.63) is 36.7 Å². The Labute approximate surface area is 117 Å². The number of hydrogen-bond donors (Lipinski definition) is 2. The maximum Gasteiger partial charge on any atom is 0.322 e. The highest BCUT2D eigenvalue weighted by Gasteiger charge is 2.28. The SMILES string of the molecule is O=C(Nc1cccc2cnccc12)N1CCCC1CO. The maximum atomic E-state index is 12.3. The number of anilines is 1. The summed E-state index contributed by atoms with van der Waals surface area (Å²) in [5, 5.41) is 14.2. The van der Waals surface area contributed by atoms with Crippen LogP contribution in [0.5, 0.6) is 0 Å². The summed E-state index contributed by atoms with van der Waals surface area (Å²) in [5.41, 5.74) is 0.776. The van der Waals surface area contributed by atoms with Gasteiger partial charge in [0.2, 0.25) is 0 Å². The average molecular weight is 271 g/mol. The summed E-state index contributed by atoms with van der Waals surface area (Å²) < 4.78 is 0. The number of carbonyl (C=O) groups excluding carboxylic acids is 1. The quantitative estimate of drug-likeness (QED) is 0.880. The number of nitrogens with zero attached hydrogens (tertiary/aromatic N) is 2. The van der Waals surface area contributed by atoms with Crippen molar-refractivity contribution >= 4 is 22.5 Å². The van der Waals surface area contributed by atoms with Gasteiger partial charge >= 0.3 is 6.03 Å². The standard InChI is InChI=1S/C15H17N3O2/c19-10-12-4-2-8-18(12)15(20)17-14-5-1-3-11-9-16-7-6-13(11)14/h1,3,5-7,9,12,19H,2,4,8,10H2,(H,17,20). The lowest BCUT2D eigenvalue weighted by molar-refractivity contribution is 0.166. The fourth-order valence-corrected chi connectivity index (χ4v) is 2.71. The molecular formula is C15H17N3O2. The van der Waals surface area contributed by atoms with Gasteiger partial charge in [-0.1, -0.05) is 12.1 Å². The van der Waals surface area contributed by atoms with E-state index in [1.54, 1.807) is 17.3 Å². The monoisotopic (exact) mass is 271 g/mol. The van der Waals surface area contributed by atoms with E-state index in [0.717, 1.165) is 29.3 Å². The highest BCUT2D eigenvalue weighted by molar-refractivity contribution is 6.01. The van der Waals surface area contributed by atoms with E-state index in [4.69, 9.17) is 0 Å². The summed E-state index contributed by atoms with van der Waals surface area (Å²) in [7, 11) is 0. The molecule has 1 fully saturated rings. The van der Waals surface area contributed by atoms with Crippen LogP contribution in [0.1, 0.15) is 12.8 Å². The molecule has 1 aliphatic rings. The molecule has 2 N–H and O–H groups in total. The maximum absolute atomic E-state index is 12.3. The van der Waals surface area contributed by atoms with Crippen LogP contribution in [0.3, 0.4) is 0 Å². The van der Waals surface area contributed by atoms with Crippen molar-refractivity contribution in [2.75, 3.05) is 18.5 Å². The first kappa shape index (κ1) is 12.9. The molecule has 2 amide bonds. The number of carbonyl (C=O) groups is 1. The number of hydrogen-bond acceptors (Lipinski definition) is 3. The first-order chi connectivity index (χ1) is 9.79. The predicted molar refractivity (Wildman–Crippen MR) is 77.6 cm³/mol. The highest BCUT2D eigenvalue weighted by atomic mass is 16.3. The van der Waals surface area contributed by atoms with Gasteiger partial charge in [-0.3, -0.25) is 4.98 Å². The Kier molecular flexibility index (Phi) is 3.52. The van der Waals surface area contributed by atoms with Gasteiger partial charge in [0.25, 0.3) is 0 Å². The van der Waals surface area contributed by atoms with E-state index in [1.165, 1.54) is 0 Å². The topological polar surface area (TPSA) is 65.5 Å². The molecule has 0 saturated carbocycles. The average Bonchev–Trinajstić information content (AvgIpc) is 2.96. The third kappa shape index (κ3) is 2.32. The molecule has 2 aromatic rings. The third-order valence-electron chi connectivity index (χ3n) is 3.77. The van der Waals surface area contributed by atoms with E-state index in [0.29, 0.717) is 6.54 Å². The number of urea groups is 1. The summed E-state index contributed by atoms with van der Waals surface area (Å²) >= 11 is 0. The number of fused-ring (bicyclic) bond motifs is 1. The van der Waals surface area contributed by atoms with Crippen LogP contribution in [0.25, 0.3) is 10.8 Å². The summed E-state index contributed by atoms with van der Waals surface area (Å²) in [6.07, 6.45) is 5.29. The molecule has 5 nitrogen and oxygen atoms in total. The van der Waals surface area contributed by atoms with Crippen LogP contribution < -0.4 is 5.32 Å². The lowest BCUT2D eigenvalue weighted by Gasteiger charge is -2.23. The largest absolute Gasteiger partial charge is 0.394 e. The zero-order chi connectivity index (χ0) is 13.9. The minimum atomic E-state index is -0.147. The Balaban J connectivity index is 1.84. The van der Waals surface area contributed by atoms with Crippen molar-refractivity contribution in [1.82, 2.24) is 9.88 Å². The molecule has 0 spiro atoms. The van der Waals surface area contributed by atoms with Crippen molar-refractivity contribution in [1.29, 1.82) is 0 Å². The van der Waals surface area contributed by atoms with Crippen LogP contribution >= 0.6 is 0 Å². The summed E-state index contributed by atoms with van der Waals surface area (Å²) in [5.74, 6) is 0. The molecule has 1 aromatic heterocycles. The second-order valence-electron chi connectivity index (χ2n) is 5.00. The number of aliphatic hydroxyl groups is 1. The van der Waals surface area contributed by atoms with Gasteiger partial charge in [-0.25, -0.2) is 4.79 Å². The Bertz CT molecular complexity index is 624. The Hall–Kier alpha value is -2.14. The Morgan fingerprint density at radius 3 is 3.20 bits per heavy atom. The van der Waals surface area contributed by atoms with Gasteiger partial charge in [-0.15, -0.1) is 0 Å². The fraction of sp³-hybridized carbons (Fsp3) is 0.333. The normalized spacial score (nSPS) is 18.4. The van der Waals surface area contributed by atoms with Crippen molar-refractivity contribution in [3.63, 3.8) is 0 Å². The second kappa shape index (κ2) is 5.46. The molecule has 20 heavy (non-hydrogen) atoms. The zero-order valence-corrected chi connectivity index (χ0v) is 11.1. The van der Waals surface area contributed by atoms with E-state index in [1.807, 2.05) is 24.3 Å². The van der Waals surface area contributed by atoms with Crippen LogP contribution in [0.2, 0.25) is 0 Å². The first-order valence-electron chi connectivity index (χ1n) is 6.81. The van der Waals surface area contributed by atoms with Crippen molar-refractivity contribution in [2.24, 2.45) is 0 Å². The van der Waals surface area contributed by atoms with E-state index in [2.05, 4.69) is 10.3 Å². The molecule has 5 heteroatoms. The molecule has 0 bridgehead atoms. The van der Waals surface area contributed by atoms with Crippen molar-refractivity contribution in [2.45, 2.75) is 18.9 Å². The van der Waals surface area contributed by atoms with E-state index >= 15 is 0 Å². The predicted octanol–water partition coefficient (Wildman–Crippen LogP) is 2.22.